The molecule has 1 aliphatic heterocycles. The molecule has 3 aliphatic rings. The molecule has 5 heteroatoms. The standard InChI is InChI=1S/C19H26N2O3/c1-19(2)16(14-8-9-23-17(14)19)21(3)18(22)13-6-7-15(20-10-13)24-11-12-4-5-12/h6-7,10,12,14,16-17H,4-5,8-9,11H2,1-3H3/t14-,16-,17+/m1/s1. The van der Waals surface area contributed by atoms with E-state index in [1.807, 2.05) is 18.0 Å². The number of ether oxygens (including phenoxy) is 2. The van der Waals surface area contributed by atoms with Gasteiger partial charge in [-0.15, -0.1) is 0 Å². The molecule has 3 atom stereocenters. The number of amides is 1. The molecule has 130 valence electrons. The molecule has 2 heterocycles. The van der Waals surface area contributed by atoms with E-state index in [2.05, 4.69) is 18.8 Å². The minimum absolute atomic E-state index is 0.00627. The average molecular weight is 330 g/mol. The third-order valence-corrected chi connectivity index (χ3v) is 5.92. The van der Waals surface area contributed by atoms with E-state index in [4.69, 9.17) is 9.47 Å². The zero-order chi connectivity index (χ0) is 16.9. The lowest BCUT2D eigenvalue weighted by Crippen LogP contribution is -2.66. The maximum atomic E-state index is 12.8. The maximum absolute atomic E-state index is 12.8. The van der Waals surface area contributed by atoms with Crippen LogP contribution in [0, 0.1) is 17.3 Å². The van der Waals surface area contributed by atoms with Crippen molar-refractivity contribution in [3.05, 3.63) is 23.9 Å². The highest BCUT2D eigenvalue weighted by molar-refractivity contribution is 5.94. The molecule has 0 radical (unpaired) electrons. The summed E-state index contributed by atoms with van der Waals surface area (Å²) in [7, 11) is 1.90. The summed E-state index contributed by atoms with van der Waals surface area (Å²) in [6, 6.07) is 3.85. The topological polar surface area (TPSA) is 51.7 Å². The van der Waals surface area contributed by atoms with Crippen LogP contribution in [-0.4, -0.2) is 48.2 Å². The summed E-state index contributed by atoms with van der Waals surface area (Å²) in [4.78, 5) is 19.0. The molecule has 0 aromatic carbocycles. The van der Waals surface area contributed by atoms with Crippen molar-refractivity contribution >= 4 is 5.91 Å². The summed E-state index contributed by atoms with van der Waals surface area (Å²) in [6.07, 6.45) is 5.47. The first-order chi connectivity index (χ1) is 11.5. The highest BCUT2D eigenvalue weighted by Crippen LogP contribution is 2.54. The Labute approximate surface area is 143 Å². The van der Waals surface area contributed by atoms with Crippen LogP contribution in [0.2, 0.25) is 0 Å². The van der Waals surface area contributed by atoms with E-state index >= 15 is 0 Å². The van der Waals surface area contributed by atoms with E-state index in [9.17, 15) is 4.79 Å². The van der Waals surface area contributed by atoms with Crippen molar-refractivity contribution in [3.63, 3.8) is 0 Å². The summed E-state index contributed by atoms with van der Waals surface area (Å²) in [6.45, 7) is 5.94. The molecule has 4 rings (SSSR count). The number of carbonyl (C=O) groups excluding carboxylic acids is 1. The number of carbonyl (C=O) groups is 1. The largest absolute Gasteiger partial charge is 0.477 e. The lowest BCUT2D eigenvalue weighted by molar-refractivity contribution is -0.139. The lowest BCUT2D eigenvalue weighted by Gasteiger charge is -2.57. The smallest absolute Gasteiger partial charge is 0.255 e. The van der Waals surface area contributed by atoms with Gasteiger partial charge in [-0.25, -0.2) is 4.98 Å². The van der Waals surface area contributed by atoms with Gasteiger partial charge >= 0.3 is 0 Å². The molecule has 24 heavy (non-hydrogen) atoms. The molecule has 1 aromatic rings. The van der Waals surface area contributed by atoms with E-state index < -0.39 is 0 Å². The van der Waals surface area contributed by atoms with Gasteiger partial charge in [-0.2, -0.15) is 0 Å². The molecule has 1 saturated heterocycles. The third-order valence-electron chi connectivity index (χ3n) is 5.92. The Bertz CT molecular complexity index is 624. The van der Waals surface area contributed by atoms with Crippen molar-refractivity contribution in [1.29, 1.82) is 0 Å². The number of hydrogen-bond acceptors (Lipinski definition) is 4. The first-order valence-electron chi connectivity index (χ1n) is 8.96. The minimum Gasteiger partial charge on any atom is -0.477 e. The summed E-state index contributed by atoms with van der Waals surface area (Å²) in [5.41, 5.74) is 0.626. The van der Waals surface area contributed by atoms with Crippen LogP contribution in [0.4, 0.5) is 0 Å². The number of hydrogen-bond donors (Lipinski definition) is 0. The molecule has 2 aliphatic carbocycles. The van der Waals surface area contributed by atoms with Crippen molar-refractivity contribution in [2.24, 2.45) is 17.3 Å². The highest BCUT2D eigenvalue weighted by Gasteiger charge is 2.61. The summed E-state index contributed by atoms with van der Waals surface area (Å²) >= 11 is 0. The zero-order valence-corrected chi connectivity index (χ0v) is 14.7. The lowest BCUT2D eigenvalue weighted by atomic mass is 9.56. The highest BCUT2D eigenvalue weighted by atomic mass is 16.5. The second kappa shape index (κ2) is 5.73. The van der Waals surface area contributed by atoms with Crippen LogP contribution in [-0.2, 0) is 4.74 Å². The molecular weight excluding hydrogens is 304 g/mol. The Morgan fingerprint density at radius 3 is 2.83 bits per heavy atom. The SMILES string of the molecule is CN(C(=O)c1ccc(OCC2CC2)nc1)[C@@H]1[C@H]2CCO[C@@H]2C1(C)C. The van der Waals surface area contributed by atoms with Gasteiger partial charge < -0.3 is 14.4 Å². The molecule has 0 spiro atoms. The Hall–Kier alpha value is -1.62. The van der Waals surface area contributed by atoms with Crippen molar-refractivity contribution in [3.8, 4) is 5.88 Å². The van der Waals surface area contributed by atoms with Crippen molar-refractivity contribution in [2.75, 3.05) is 20.3 Å². The van der Waals surface area contributed by atoms with Gasteiger partial charge in [-0.3, -0.25) is 4.79 Å². The Kier molecular flexibility index (Phi) is 3.79. The average Bonchev–Trinajstić information content (AvgIpc) is 3.30. The van der Waals surface area contributed by atoms with Crippen LogP contribution in [0.1, 0.15) is 43.5 Å². The Morgan fingerprint density at radius 1 is 1.38 bits per heavy atom. The zero-order valence-electron chi connectivity index (χ0n) is 14.7. The van der Waals surface area contributed by atoms with E-state index in [0.29, 0.717) is 23.3 Å². The number of fused-ring (bicyclic) bond motifs is 1. The van der Waals surface area contributed by atoms with E-state index in [-0.39, 0.29) is 23.5 Å². The number of pyridine rings is 1. The van der Waals surface area contributed by atoms with Gasteiger partial charge in [0.15, 0.2) is 0 Å². The van der Waals surface area contributed by atoms with Crippen LogP contribution in [0.25, 0.3) is 0 Å². The number of rotatable bonds is 5. The number of nitrogens with zero attached hydrogens (tertiary/aromatic N) is 2. The molecule has 1 aromatic heterocycles. The van der Waals surface area contributed by atoms with Gasteiger partial charge in [0, 0.05) is 43.3 Å². The molecule has 0 bridgehead atoms. The predicted octanol–water partition coefficient (Wildman–Crippen LogP) is 2.76. The van der Waals surface area contributed by atoms with Crippen LogP contribution < -0.4 is 4.74 Å². The normalized spacial score (nSPS) is 30.4. The molecule has 2 saturated carbocycles. The third kappa shape index (κ3) is 2.59. The van der Waals surface area contributed by atoms with Crippen molar-refractivity contribution in [1.82, 2.24) is 9.88 Å². The van der Waals surface area contributed by atoms with Gasteiger partial charge in [-0.05, 0) is 31.2 Å². The van der Waals surface area contributed by atoms with Gasteiger partial charge in [0.2, 0.25) is 5.88 Å². The molecule has 0 unspecified atom stereocenters. The van der Waals surface area contributed by atoms with E-state index in [1.165, 1.54) is 12.8 Å². The molecule has 5 nitrogen and oxygen atoms in total. The Morgan fingerprint density at radius 2 is 2.17 bits per heavy atom. The summed E-state index contributed by atoms with van der Waals surface area (Å²) < 4.78 is 11.5. The van der Waals surface area contributed by atoms with Crippen LogP contribution >= 0.6 is 0 Å². The minimum atomic E-state index is 0.00627. The van der Waals surface area contributed by atoms with Crippen molar-refractivity contribution < 1.29 is 14.3 Å². The van der Waals surface area contributed by atoms with Crippen LogP contribution in [0.15, 0.2) is 18.3 Å². The van der Waals surface area contributed by atoms with Crippen LogP contribution in [0.3, 0.4) is 0 Å². The second-order valence-electron chi connectivity index (χ2n) is 8.07. The maximum Gasteiger partial charge on any atom is 0.255 e. The van der Waals surface area contributed by atoms with Crippen molar-refractivity contribution in [2.45, 2.75) is 45.3 Å². The first kappa shape index (κ1) is 15.9. The molecular formula is C19H26N2O3. The molecule has 1 amide bonds. The monoisotopic (exact) mass is 330 g/mol. The number of aromatic nitrogens is 1. The van der Waals surface area contributed by atoms with E-state index in [0.717, 1.165) is 19.6 Å². The Balaban J connectivity index is 1.42. The predicted molar refractivity (Wildman–Crippen MR) is 90.0 cm³/mol. The van der Waals surface area contributed by atoms with Crippen LogP contribution in [0.5, 0.6) is 5.88 Å². The fraction of sp³-hybridized carbons (Fsp3) is 0.684. The van der Waals surface area contributed by atoms with Gasteiger partial charge in [0.1, 0.15) is 0 Å². The fourth-order valence-electron chi connectivity index (χ4n) is 4.49. The molecule has 0 N–H and O–H groups in total. The van der Waals surface area contributed by atoms with E-state index in [1.54, 1.807) is 12.3 Å². The van der Waals surface area contributed by atoms with Gasteiger partial charge in [-0.1, -0.05) is 13.8 Å². The van der Waals surface area contributed by atoms with Gasteiger partial charge in [0.25, 0.3) is 5.91 Å². The summed E-state index contributed by atoms with van der Waals surface area (Å²) in [5, 5.41) is 0. The summed E-state index contributed by atoms with van der Waals surface area (Å²) in [5.74, 6) is 1.79. The first-order valence-corrected chi connectivity index (χ1v) is 8.96. The van der Waals surface area contributed by atoms with Gasteiger partial charge in [0.05, 0.1) is 18.3 Å². The fourth-order valence-corrected chi connectivity index (χ4v) is 4.49. The quantitative estimate of drug-likeness (QED) is 0.833. The second-order valence-corrected chi connectivity index (χ2v) is 8.07. The molecule has 3 fully saturated rings.